The first-order chi connectivity index (χ1) is 2.50. The van der Waals surface area contributed by atoms with Crippen molar-refractivity contribution in [3.8, 4) is 0 Å². The lowest BCUT2D eigenvalue weighted by atomic mass is 9.94. The summed E-state index contributed by atoms with van der Waals surface area (Å²) >= 11 is 0. The lowest BCUT2D eigenvalue weighted by molar-refractivity contribution is 0.933. The van der Waals surface area contributed by atoms with E-state index in [0.717, 1.165) is 0 Å². The Labute approximate surface area is 33.0 Å². The molecule has 1 saturated heterocycles. The summed E-state index contributed by atoms with van der Waals surface area (Å²) in [6, 6.07) is 0. The Morgan fingerprint density at radius 3 is 2.80 bits per heavy atom. The maximum atomic E-state index is 3.35. The Hall–Kier alpha value is 0.0249. The van der Waals surface area contributed by atoms with Crippen LogP contribution < -0.4 is 5.23 Å². The average molecular weight is 69.9 g/mol. The summed E-state index contributed by atoms with van der Waals surface area (Å²) in [6.45, 7) is 1.31. The molecule has 1 N–H and O–H groups in total. The smallest absolute Gasteiger partial charge is 0.0278 e. The Bertz CT molecular complexity index is 18.5. The van der Waals surface area contributed by atoms with Crippen molar-refractivity contribution in [1.29, 1.82) is 0 Å². The van der Waals surface area contributed by atoms with Gasteiger partial charge in [-0.05, 0) is 6.54 Å². The van der Waals surface area contributed by atoms with Crippen molar-refractivity contribution in [2.45, 2.75) is 12.7 Å². The molecule has 0 bridgehead atoms. The first-order valence-electron chi connectivity index (χ1n) is 2.56. The van der Waals surface area contributed by atoms with Gasteiger partial charge in [0, 0.05) is 7.41 Å². The Morgan fingerprint density at radius 2 is 2.60 bits per heavy atom. The highest BCUT2D eigenvalue weighted by atomic mass is 14.8. The number of rotatable bonds is 0. The molecule has 0 radical (unpaired) electrons. The van der Waals surface area contributed by atoms with Gasteiger partial charge in [-0.15, -0.1) is 0 Å². The van der Waals surface area contributed by atoms with Crippen LogP contribution in [0.25, 0.3) is 0 Å². The molecule has 0 aromatic carbocycles. The van der Waals surface area contributed by atoms with Crippen LogP contribution in [0.2, 0.25) is 6.32 Å². The molecular formula is C3H9BN-. The highest BCUT2D eigenvalue weighted by Gasteiger charge is 1.86. The molecule has 1 rings (SSSR count). The van der Waals surface area contributed by atoms with E-state index in [-0.39, 0.29) is 0 Å². The summed E-state index contributed by atoms with van der Waals surface area (Å²) in [5, 5.41) is 3.35. The number of nitrogens with one attached hydrogen (secondary N) is 1. The Kier molecular flexibility index (Phi) is 0.940. The summed E-state index contributed by atoms with van der Waals surface area (Å²) in [5.74, 6) is 0. The summed E-state index contributed by atoms with van der Waals surface area (Å²) < 4.78 is 0. The fourth-order valence-corrected chi connectivity index (χ4v) is 0.884. The maximum Gasteiger partial charge on any atom is 0.0278 e. The zero-order valence-electron chi connectivity index (χ0n) is 3.62. The number of hydrogen-bond acceptors (Lipinski definition) is 1. The third-order valence-electron chi connectivity index (χ3n) is 1.28. The molecule has 1 aliphatic heterocycles. The summed E-state index contributed by atoms with van der Waals surface area (Å²) in [5.41, 5.74) is 0. The SMILES string of the molecule is [BH2-]1CCCN1. The van der Waals surface area contributed by atoms with Gasteiger partial charge in [-0.3, -0.25) is 0 Å². The third kappa shape index (κ3) is 0.654. The highest BCUT2D eigenvalue weighted by molar-refractivity contribution is 6.33. The first kappa shape index (κ1) is 3.22. The topological polar surface area (TPSA) is 12.0 Å². The fraction of sp³-hybridized carbons (Fsp3) is 1.00. The van der Waals surface area contributed by atoms with Crippen LogP contribution in [0.15, 0.2) is 0 Å². The van der Waals surface area contributed by atoms with Crippen molar-refractivity contribution < 1.29 is 0 Å². The van der Waals surface area contributed by atoms with Gasteiger partial charge in [0.1, 0.15) is 0 Å². The molecule has 1 heterocycles. The third-order valence-corrected chi connectivity index (χ3v) is 1.28. The minimum absolute atomic E-state index is 0.389. The lowest BCUT2D eigenvalue weighted by Crippen LogP contribution is -2.07. The van der Waals surface area contributed by atoms with Crippen molar-refractivity contribution in [3.05, 3.63) is 0 Å². The highest BCUT2D eigenvalue weighted by Crippen LogP contribution is 1.89. The van der Waals surface area contributed by atoms with Crippen LogP contribution in [0.1, 0.15) is 6.42 Å². The maximum absolute atomic E-state index is 3.35. The average Bonchev–Trinajstić information content (AvgIpc) is 1.76. The summed E-state index contributed by atoms with van der Waals surface area (Å²) in [4.78, 5) is 0. The second-order valence-corrected chi connectivity index (χ2v) is 1.81. The molecule has 0 unspecified atom stereocenters. The van der Waals surface area contributed by atoms with E-state index in [1.54, 1.807) is 0 Å². The molecule has 0 aliphatic carbocycles. The molecule has 5 heavy (non-hydrogen) atoms. The van der Waals surface area contributed by atoms with E-state index in [1.807, 2.05) is 0 Å². The van der Waals surface area contributed by atoms with E-state index in [9.17, 15) is 0 Å². The van der Waals surface area contributed by atoms with Gasteiger partial charge in [0.2, 0.25) is 0 Å². The van der Waals surface area contributed by atoms with Crippen LogP contribution in [0, 0.1) is 0 Å². The zero-order valence-corrected chi connectivity index (χ0v) is 3.62. The van der Waals surface area contributed by atoms with Gasteiger partial charge in [-0.25, -0.2) is 0 Å². The van der Waals surface area contributed by atoms with Crippen LogP contribution >= 0.6 is 0 Å². The van der Waals surface area contributed by atoms with Gasteiger partial charge in [-0.1, -0.05) is 6.42 Å². The minimum atomic E-state index is 0.389. The van der Waals surface area contributed by atoms with Crippen molar-refractivity contribution in [2.24, 2.45) is 0 Å². The monoisotopic (exact) mass is 70.1 g/mol. The van der Waals surface area contributed by atoms with Crippen LogP contribution in [-0.2, 0) is 0 Å². The molecule has 30 valence electrons. The van der Waals surface area contributed by atoms with Crippen LogP contribution in [0.4, 0.5) is 0 Å². The lowest BCUT2D eigenvalue weighted by Gasteiger charge is -1.85. The minimum Gasteiger partial charge on any atom is -0.494 e. The van der Waals surface area contributed by atoms with Gasteiger partial charge < -0.3 is 5.23 Å². The van der Waals surface area contributed by atoms with Gasteiger partial charge >= 0.3 is 0 Å². The molecule has 0 saturated carbocycles. The van der Waals surface area contributed by atoms with E-state index in [2.05, 4.69) is 5.23 Å². The van der Waals surface area contributed by atoms with E-state index in [1.165, 1.54) is 19.3 Å². The van der Waals surface area contributed by atoms with Crippen molar-refractivity contribution in [2.75, 3.05) is 6.54 Å². The van der Waals surface area contributed by atoms with E-state index >= 15 is 0 Å². The molecule has 0 atom stereocenters. The molecule has 1 fully saturated rings. The first-order valence-corrected chi connectivity index (χ1v) is 2.56. The normalized spacial score (nSPS) is 24.0. The Balaban J connectivity index is 2.08. The molecule has 2 heteroatoms. The molecule has 0 spiro atoms. The molecule has 1 nitrogen and oxygen atoms in total. The van der Waals surface area contributed by atoms with Crippen LogP contribution in [-0.4, -0.2) is 14.0 Å². The predicted octanol–water partition coefficient (Wildman–Crippen LogP) is -0.518. The van der Waals surface area contributed by atoms with Gasteiger partial charge in [0.05, 0.1) is 0 Å². The molecule has 0 aromatic rings. The zero-order chi connectivity index (χ0) is 3.54. The van der Waals surface area contributed by atoms with E-state index < -0.39 is 0 Å². The summed E-state index contributed by atoms with van der Waals surface area (Å²) in [7, 11) is 0.389. The Morgan fingerprint density at radius 1 is 1.60 bits per heavy atom. The second kappa shape index (κ2) is 1.46. The molecular weight excluding hydrogens is 60.9 g/mol. The van der Waals surface area contributed by atoms with Crippen LogP contribution in [0.5, 0.6) is 0 Å². The largest absolute Gasteiger partial charge is 0.494 e. The standard InChI is InChI=1S/C3H9BN/c1-2-4-5-3-1/h5H,1-4H2/q-1. The predicted molar refractivity (Wildman–Crippen MR) is 26.0 cm³/mol. The van der Waals surface area contributed by atoms with Gasteiger partial charge in [0.25, 0.3) is 0 Å². The van der Waals surface area contributed by atoms with E-state index in [0.29, 0.717) is 7.41 Å². The molecule has 0 aromatic heterocycles. The van der Waals surface area contributed by atoms with Crippen molar-refractivity contribution in [1.82, 2.24) is 5.23 Å². The molecule has 1 aliphatic rings. The quantitative estimate of drug-likeness (QED) is 0.378. The van der Waals surface area contributed by atoms with Gasteiger partial charge in [0.15, 0.2) is 0 Å². The van der Waals surface area contributed by atoms with Crippen molar-refractivity contribution >= 4 is 7.41 Å². The van der Waals surface area contributed by atoms with Crippen molar-refractivity contribution in [3.63, 3.8) is 0 Å². The fourth-order valence-electron chi connectivity index (χ4n) is 0.884. The summed E-state index contributed by atoms with van der Waals surface area (Å²) in [6.07, 6.45) is 2.96. The second-order valence-electron chi connectivity index (χ2n) is 1.81. The number of hydrogen-bond donors (Lipinski definition) is 1. The molecule has 0 amide bonds. The van der Waals surface area contributed by atoms with E-state index in [4.69, 9.17) is 0 Å². The van der Waals surface area contributed by atoms with Gasteiger partial charge in [-0.2, -0.15) is 6.32 Å². The van der Waals surface area contributed by atoms with Crippen LogP contribution in [0.3, 0.4) is 0 Å².